The van der Waals surface area contributed by atoms with E-state index in [1.165, 1.54) is 0 Å². The molecule has 1 aromatic heterocycles. The number of methoxy groups -OCH3 is 1. The average Bonchev–Trinajstić information content (AvgIpc) is 3.11. The maximum absolute atomic E-state index is 12.4. The molecule has 27 heavy (non-hydrogen) atoms. The minimum Gasteiger partial charge on any atom is -0.380 e. The summed E-state index contributed by atoms with van der Waals surface area (Å²) >= 11 is 0. The normalized spacial score (nSPS) is 17.2. The first kappa shape index (κ1) is 17.5. The molecule has 0 bridgehead atoms. The van der Waals surface area contributed by atoms with Gasteiger partial charge in [0.05, 0.1) is 11.6 Å². The summed E-state index contributed by atoms with van der Waals surface area (Å²) in [6.45, 7) is 2.07. The molecule has 0 radical (unpaired) electrons. The number of hydrogen-bond acceptors (Lipinski definition) is 5. The van der Waals surface area contributed by atoms with Crippen LogP contribution in [0, 0.1) is 0 Å². The molecule has 4 rings (SSSR count). The largest absolute Gasteiger partial charge is 0.380 e. The number of carbonyl (C=O) groups excluding carboxylic acids is 1. The van der Waals surface area contributed by atoms with Gasteiger partial charge in [-0.05, 0) is 49.2 Å². The molecular weight excluding hydrogens is 342 g/mol. The Hall–Kier alpha value is -2.93. The van der Waals surface area contributed by atoms with E-state index in [0.29, 0.717) is 0 Å². The highest BCUT2D eigenvalue weighted by molar-refractivity contribution is 5.91. The summed E-state index contributed by atoms with van der Waals surface area (Å²) in [5, 5.41) is 11.1. The fourth-order valence-corrected chi connectivity index (χ4v) is 3.49. The highest BCUT2D eigenvalue weighted by Crippen LogP contribution is 2.23. The molecular formula is C20H23N5O2. The molecule has 1 amide bonds. The predicted molar refractivity (Wildman–Crippen MR) is 105 cm³/mol. The van der Waals surface area contributed by atoms with Crippen molar-refractivity contribution in [1.29, 1.82) is 0 Å². The highest BCUT2D eigenvalue weighted by atomic mass is 16.5. The number of piperidine rings is 1. The molecule has 3 aromatic rings. The van der Waals surface area contributed by atoms with Crippen molar-refractivity contribution in [2.45, 2.75) is 25.5 Å². The summed E-state index contributed by atoms with van der Waals surface area (Å²) in [7, 11) is 1.77. The molecule has 1 aliphatic heterocycles. The number of fused-ring (bicyclic) bond motifs is 1. The van der Waals surface area contributed by atoms with Crippen molar-refractivity contribution in [2.75, 3.05) is 30.4 Å². The van der Waals surface area contributed by atoms with Crippen LogP contribution in [-0.2, 0) is 16.1 Å². The van der Waals surface area contributed by atoms with E-state index in [2.05, 4.69) is 20.5 Å². The second-order valence-electron chi connectivity index (χ2n) is 6.78. The molecule has 1 saturated heterocycles. The number of anilines is 2. The third-order valence-electron chi connectivity index (χ3n) is 4.94. The van der Waals surface area contributed by atoms with Crippen LogP contribution in [0.1, 0.15) is 12.8 Å². The molecule has 7 nitrogen and oxygen atoms in total. The lowest BCUT2D eigenvalue weighted by atomic mass is 10.1. The quantitative estimate of drug-likeness (QED) is 0.753. The topological polar surface area (TPSA) is 72.3 Å². The van der Waals surface area contributed by atoms with Gasteiger partial charge in [-0.3, -0.25) is 4.79 Å². The van der Waals surface area contributed by atoms with Gasteiger partial charge in [0, 0.05) is 31.6 Å². The van der Waals surface area contributed by atoms with Crippen LogP contribution in [0.3, 0.4) is 0 Å². The summed E-state index contributed by atoms with van der Waals surface area (Å²) in [4.78, 5) is 14.7. The van der Waals surface area contributed by atoms with E-state index in [0.717, 1.165) is 48.3 Å². The standard InChI is InChI=1S/C20H23N5O2/c1-27-17-5-4-12-24(13-17)16-10-8-15(9-11-16)21-20(26)14-25-19-7-3-2-6-18(19)22-23-25/h2-3,6-11,17H,4-5,12-14H2,1H3,(H,21,26). The second-order valence-corrected chi connectivity index (χ2v) is 6.78. The van der Waals surface area contributed by atoms with Gasteiger partial charge in [-0.25, -0.2) is 4.68 Å². The number of aromatic nitrogens is 3. The van der Waals surface area contributed by atoms with Gasteiger partial charge in [-0.2, -0.15) is 0 Å². The first-order valence-electron chi connectivity index (χ1n) is 9.19. The molecule has 7 heteroatoms. The molecule has 0 saturated carbocycles. The van der Waals surface area contributed by atoms with Crippen LogP contribution in [0.2, 0.25) is 0 Å². The Balaban J connectivity index is 1.38. The second kappa shape index (κ2) is 7.75. The van der Waals surface area contributed by atoms with Gasteiger partial charge in [0.2, 0.25) is 5.91 Å². The zero-order chi connectivity index (χ0) is 18.6. The van der Waals surface area contributed by atoms with Crippen LogP contribution in [-0.4, -0.2) is 47.2 Å². The van der Waals surface area contributed by atoms with Gasteiger partial charge in [-0.1, -0.05) is 17.3 Å². The minimum atomic E-state index is -0.129. The third kappa shape index (κ3) is 3.93. The fourth-order valence-electron chi connectivity index (χ4n) is 3.49. The van der Waals surface area contributed by atoms with Gasteiger partial charge in [0.1, 0.15) is 12.1 Å². The maximum atomic E-state index is 12.4. The summed E-state index contributed by atoms with van der Waals surface area (Å²) in [6.07, 6.45) is 2.52. The third-order valence-corrected chi connectivity index (χ3v) is 4.94. The van der Waals surface area contributed by atoms with Gasteiger partial charge >= 0.3 is 0 Å². The van der Waals surface area contributed by atoms with Crippen LogP contribution in [0.4, 0.5) is 11.4 Å². The summed E-state index contributed by atoms with van der Waals surface area (Å²) < 4.78 is 7.10. The Morgan fingerprint density at radius 1 is 1.22 bits per heavy atom. The molecule has 2 aromatic carbocycles. The minimum absolute atomic E-state index is 0.129. The molecule has 1 fully saturated rings. The Labute approximate surface area is 157 Å². The van der Waals surface area contributed by atoms with Crippen LogP contribution in [0.5, 0.6) is 0 Å². The highest BCUT2D eigenvalue weighted by Gasteiger charge is 2.19. The fraction of sp³-hybridized carbons (Fsp3) is 0.350. The number of para-hydroxylation sites is 1. The van der Waals surface area contributed by atoms with E-state index in [1.807, 2.05) is 48.5 Å². The van der Waals surface area contributed by atoms with Crippen molar-refractivity contribution < 1.29 is 9.53 Å². The first-order valence-corrected chi connectivity index (χ1v) is 9.19. The van der Waals surface area contributed by atoms with Crippen molar-refractivity contribution in [3.63, 3.8) is 0 Å². The van der Waals surface area contributed by atoms with E-state index in [9.17, 15) is 4.79 Å². The number of hydrogen-bond donors (Lipinski definition) is 1. The summed E-state index contributed by atoms with van der Waals surface area (Å²) in [5.41, 5.74) is 3.55. The van der Waals surface area contributed by atoms with E-state index in [-0.39, 0.29) is 18.6 Å². The van der Waals surface area contributed by atoms with Crippen molar-refractivity contribution in [2.24, 2.45) is 0 Å². The van der Waals surface area contributed by atoms with Crippen molar-refractivity contribution >= 4 is 28.3 Å². The number of carbonyl (C=O) groups is 1. The van der Waals surface area contributed by atoms with E-state index in [4.69, 9.17) is 4.74 Å². The SMILES string of the molecule is COC1CCCN(c2ccc(NC(=O)Cn3nnc4ccccc43)cc2)C1. The molecule has 0 aliphatic carbocycles. The number of benzene rings is 2. The Kier molecular flexibility index (Phi) is 5.02. The number of rotatable bonds is 5. The van der Waals surface area contributed by atoms with Gasteiger partial charge < -0.3 is 15.0 Å². The molecule has 1 aliphatic rings. The smallest absolute Gasteiger partial charge is 0.246 e. The van der Waals surface area contributed by atoms with Crippen LogP contribution in [0.15, 0.2) is 48.5 Å². The molecule has 1 atom stereocenters. The maximum Gasteiger partial charge on any atom is 0.246 e. The van der Waals surface area contributed by atoms with Crippen molar-refractivity contribution in [1.82, 2.24) is 15.0 Å². The first-order chi connectivity index (χ1) is 13.2. The summed E-state index contributed by atoms with van der Waals surface area (Å²) in [5.74, 6) is -0.129. The predicted octanol–water partition coefficient (Wildman–Crippen LogP) is 2.69. The molecule has 2 heterocycles. The van der Waals surface area contributed by atoms with E-state index >= 15 is 0 Å². The zero-order valence-corrected chi connectivity index (χ0v) is 15.3. The van der Waals surface area contributed by atoms with Gasteiger partial charge in [0.15, 0.2) is 0 Å². The van der Waals surface area contributed by atoms with Crippen LogP contribution in [0.25, 0.3) is 11.0 Å². The van der Waals surface area contributed by atoms with Gasteiger partial charge in [0.25, 0.3) is 0 Å². The lowest BCUT2D eigenvalue weighted by molar-refractivity contribution is -0.116. The van der Waals surface area contributed by atoms with Crippen molar-refractivity contribution in [3.05, 3.63) is 48.5 Å². The van der Waals surface area contributed by atoms with Crippen molar-refractivity contribution in [3.8, 4) is 0 Å². The Morgan fingerprint density at radius 2 is 2.04 bits per heavy atom. The lowest BCUT2D eigenvalue weighted by Crippen LogP contribution is -2.39. The molecule has 140 valence electrons. The van der Waals surface area contributed by atoms with Gasteiger partial charge in [-0.15, -0.1) is 5.10 Å². The number of nitrogens with one attached hydrogen (secondary N) is 1. The van der Waals surface area contributed by atoms with E-state index < -0.39 is 0 Å². The molecule has 1 unspecified atom stereocenters. The zero-order valence-electron chi connectivity index (χ0n) is 15.3. The molecule has 0 spiro atoms. The summed E-state index contributed by atoms with van der Waals surface area (Å²) in [6, 6.07) is 15.5. The number of nitrogens with zero attached hydrogens (tertiary/aromatic N) is 4. The molecule has 1 N–H and O–H groups in total. The van der Waals surface area contributed by atoms with E-state index in [1.54, 1.807) is 11.8 Å². The Morgan fingerprint density at radius 3 is 2.85 bits per heavy atom. The number of ether oxygens (including phenoxy) is 1. The average molecular weight is 365 g/mol. The Bertz CT molecular complexity index is 922. The lowest BCUT2D eigenvalue weighted by Gasteiger charge is -2.33. The number of amides is 1. The van der Waals surface area contributed by atoms with Crippen LogP contribution >= 0.6 is 0 Å². The van der Waals surface area contributed by atoms with Crippen LogP contribution < -0.4 is 10.2 Å². The monoisotopic (exact) mass is 365 g/mol.